The Kier molecular flexibility index (Phi) is 3.87. The quantitative estimate of drug-likeness (QED) is 0.800. The molecule has 1 amide bonds. The maximum absolute atomic E-state index is 11.9. The predicted molar refractivity (Wildman–Crippen MR) is 75.0 cm³/mol. The highest BCUT2D eigenvalue weighted by Gasteiger charge is 2.14. The molecule has 98 valence electrons. The van der Waals surface area contributed by atoms with Gasteiger partial charge in [-0.3, -0.25) is 4.79 Å². The Morgan fingerprint density at radius 3 is 2.53 bits per heavy atom. The van der Waals surface area contributed by atoms with Gasteiger partial charge in [0.05, 0.1) is 0 Å². The number of carbonyl (C=O) groups is 2. The van der Waals surface area contributed by atoms with Crippen LogP contribution in [0.2, 0.25) is 0 Å². The number of halogens is 1. The van der Waals surface area contributed by atoms with Crippen molar-refractivity contribution in [2.24, 2.45) is 0 Å². The minimum Gasteiger partial charge on any atom is -0.507 e. The van der Waals surface area contributed by atoms with E-state index >= 15 is 0 Å². The highest BCUT2D eigenvalue weighted by atomic mass is 79.9. The Balaban J connectivity index is 2.21. The van der Waals surface area contributed by atoms with Gasteiger partial charge in [-0.15, -0.1) is 11.3 Å². The minimum absolute atomic E-state index is 0.213. The standard InChI is InChI=1S/C12H8BrNO4S/c13-8-3-4-19-10(8)11(16)14-6-1-2-7(12(17)18)9(15)5-6/h1-5,15H,(H,14,16)(H,17,18). The monoisotopic (exact) mass is 341 g/mol. The van der Waals surface area contributed by atoms with Gasteiger partial charge in [-0.1, -0.05) is 0 Å². The van der Waals surface area contributed by atoms with Gasteiger partial charge in [-0.05, 0) is 39.5 Å². The van der Waals surface area contributed by atoms with Gasteiger partial charge in [0.1, 0.15) is 16.2 Å². The van der Waals surface area contributed by atoms with Gasteiger partial charge in [0.15, 0.2) is 0 Å². The fourth-order valence-electron chi connectivity index (χ4n) is 1.43. The van der Waals surface area contributed by atoms with Crippen LogP contribution in [-0.4, -0.2) is 22.1 Å². The molecule has 3 N–H and O–H groups in total. The third-order valence-electron chi connectivity index (χ3n) is 2.31. The molecule has 0 spiro atoms. The second-order valence-electron chi connectivity index (χ2n) is 3.59. The Morgan fingerprint density at radius 1 is 1.26 bits per heavy atom. The van der Waals surface area contributed by atoms with E-state index in [0.717, 1.165) is 0 Å². The molecule has 1 aromatic heterocycles. The average Bonchev–Trinajstić information content (AvgIpc) is 2.75. The van der Waals surface area contributed by atoms with E-state index in [2.05, 4.69) is 21.2 Å². The van der Waals surface area contributed by atoms with Crippen LogP contribution in [0.3, 0.4) is 0 Å². The zero-order valence-electron chi connectivity index (χ0n) is 9.38. The molecule has 0 aliphatic rings. The van der Waals surface area contributed by atoms with E-state index in [1.165, 1.54) is 29.5 Å². The van der Waals surface area contributed by atoms with Crippen LogP contribution in [0.5, 0.6) is 5.75 Å². The molecule has 0 saturated heterocycles. The van der Waals surface area contributed by atoms with Gasteiger partial charge < -0.3 is 15.5 Å². The maximum atomic E-state index is 11.9. The van der Waals surface area contributed by atoms with Gasteiger partial charge >= 0.3 is 5.97 Å². The smallest absolute Gasteiger partial charge is 0.339 e. The summed E-state index contributed by atoms with van der Waals surface area (Å²) in [5.74, 6) is -1.95. The molecule has 0 bridgehead atoms. The van der Waals surface area contributed by atoms with E-state index in [1.807, 2.05) is 0 Å². The van der Waals surface area contributed by atoms with Gasteiger partial charge in [0.2, 0.25) is 0 Å². The Morgan fingerprint density at radius 2 is 2.00 bits per heavy atom. The van der Waals surface area contributed by atoms with Crippen molar-refractivity contribution >= 4 is 44.8 Å². The molecule has 2 aromatic rings. The number of carboxylic acids is 1. The molecule has 0 aliphatic heterocycles. The third kappa shape index (κ3) is 2.94. The lowest BCUT2D eigenvalue weighted by Crippen LogP contribution is -2.11. The molecule has 0 fully saturated rings. The SMILES string of the molecule is O=C(O)c1ccc(NC(=O)c2sccc2Br)cc1O. The third-order valence-corrected chi connectivity index (χ3v) is 4.15. The fraction of sp³-hybridized carbons (Fsp3) is 0. The fourth-order valence-corrected chi connectivity index (χ4v) is 2.88. The number of benzene rings is 1. The van der Waals surface area contributed by atoms with Crippen molar-refractivity contribution in [2.75, 3.05) is 5.32 Å². The first-order valence-corrected chi connectivity index (χ1v) is 6.77. The normalized spacial score (nSPS) is 10.2. The summed E-state index contributed by atoms with van der Waals surface area (Å²) in [5.41, 5.74) is 0.114. The van der Waals surface area contributed by atoms with E-state index < -0.39 is 11.7 Å². The molecule has 2 rings (SSSR count). The number of carbonyl (C=O) groups excluding carboxylic acids is 1. The van der Waals surface area contributed by atoms with Crippen molar-refractivity contribution < 1.29 is 19.8 Å². The van der Waals surface area contributed by atoms with Gasteiger partial charge in [-0.2, -0.15) is 0 Å². The molecule has 1 aromatic carbocycles. The van der Waals surface area contributed by atoms with Crippen molar-refractivity contribution in [3.05, 3.63) is 44.6 Å². The summed E-state index contributed by atoms with van der Waals surface area (Å²) < 4.78 is 0.682. The number of aromatic carboxylic acids is 1. The highest BCUT2D eigenvalue weighted by molar-refractivity contribution is 9.10. The number of carboxylic acid groups (broad SMARTS) is 1. The first-order valence-electron chi connectivity index (χ1n) is 5.09. The second-order valence-corrected chi connectivity index (χ2v) is 5.36. The molecule has 0 unspecified atom stereocenters. The van der Waals surface area contributed by atoms with E-state index in [1.54, 1.807) is 11.4 Å². The summed E-state index contributed by atoms with van der Waals surface area (Å²) in [4.78, 5) is 23.1. The Hall–Kier alpha value is -1.86. The number of nitrogens with one attached hydrogen (secondary N) is 1. The molecule has 0 radical (unpaired) electrons. The molecule has 19 heavy (non-hydrogen) atoms. The maximum Gasteiger partial charge on any atom is 0.339 e. The van der Waals surface area contributed by atoms with Crippen LogP contribution in [0.25, 0.3) is 0 Å². The highest BCUT2D eigenvalue weighted by Crippen LogP contribution is 2.26. The van der Waals surface area contributed by atoms with Crippen LogP contribution in [-0.2, 0) is 0 Å². The molecule has 7 heteroatoms. The van der Waals surface area contributed by atoms with Crippen LogP contribution in [0.1, 0.15) is 20.0 Å². The molecular formula is C12H8BrNO4S. The summed E-state index contributed by atoms with van der Waals surface area (Å²) >= 11 is 4.52. The molecule has 0 saturated carbocycles. The Bertz CT molecular complexity index is 653. The molecule has 5 nitrogen and oxygen atoms in total. The molecule has 1 heterocycles. The van der Waals surface area contributed by atoms with Crippen molar-refractivity contribution in [1.29, 1.82) is 0 Å². The second kappa shape index (κ2) is 5.41. The number of amides is 1. The number of phenols is 1. The number of rotatable bonds is 3. The number of anilines is 1. The zero-order valence-corrected chi connectivity index (χ0v) is 11.8. The number of hydrogen-bond acceptors (Lipinski definition) is 4. The summed E-state index contributed by atoms with van der Waals surface area (Å²) in [6, 6.07) is 5.60. The van der Waals surface area contributed by atoms with E-state index in [0.29, 0.717) is 15.0 Å². The van der Waals surface area contributed by atoms with Crippen LogP contribution in [0.4, 0.5) is 5.69 Å². The summed E-state index contributed by atoms with van der Waals surface area (Å²) in [7, 11) is 0. The number of hydrogen-bond donors (Lipinski definition) is 3. The minimum atomic E-state index is -1.23. The summed E-state index contributed by atoms with van der Waals surface area (Å²) in [6.45, 7) is 0. The lowest BCUT2D eigenvalue weighted by Gasteiger charge is -2.06. The lowest BCUT2D eigenvalue weighted by molar-refractivity contribution is 0.0693. The van der Waals surface area contributed by atoms with Crippen LogP contribution in [0.15, 0.2) is 34.1 Å². The lowest BCUT2D eigenvalue weighted by atomic mass is 10.2. The number of thiophene rings is 1. The topological polar surface area (TPSA) is 86.6 Å². The average molecular weight is 342 g/mol. The predicted octanol–water partition coefficient (Wildman–Crippen LogP) is 3.17. The van der Waals surface area contributed by atoms with Crippen molar-refractivity contribution in [2.45, 2.75) is 0 Å². The number of aromatic hydroxyl groups is 1. The van der Waals surface area contributed by atoms with Gasteiger partial charge in [0.25, 0.3) is 5.91 Å². The molecular weight excluding hydrogens is 334 g/mol. The van der Waals surface area contributed by atoms with E-state index in [9.17, 15) is 14.7 Å². The Labute approximate surface area is 120 Å². The van der Waals surface area contributed by atoms with Gasteiger partial charge in [0, 0.05) is 16.2 Å². The molecule has 0 aliphatic carbocycles. The largest absolute Gasteiger partial charge is 0.507 e. The van der Waals surface area contributed by atoms with E-state index in [4.69, 9.17) is 5.11 Å². The zero-order chi connectivity index (χ0) is 14.0. The van der Waals surface area contributed by atoms with Gasteiger partial charge in [-0.25, -0.2) is 4.79 Å². The van der Waals surface area contributed by atoms with E-state index in [-0.39, 0.29) is 11.5 Å². The van der Waals surface area contributed by atoms with Crippen LogP contribution in [0, 0.1) is 0 Å². The molecule has 0 atom stereocenters. The first kappa shape index (κ1) is 13.6. The van der Waals surface area contributed by atoms with Crippen LogP contribution >= 0.6 is 27.3 Å². The summed E-state index contributed by atoms with van der Waals surface area (Å²) in [5, 5.41) is 22.6. The first-order chi connectivity index (χ1) is 8.99. The van der Waals surface area contributed by atoms with Crippen molar-refractivity contribution in [1.82, 2.24) is 0 Å². The van der Waals surface area contributed by atoms with Crippen LogP contribution < -0.4 is 5.32 Å². The van der Waals surface area contributed by atoms with Crippen molar-refractivity contribution in [3.63, 3.8) is 0 Å². The summed E-state index contributed by atoms with van der Waals surface area (Å²) in [6.07, 6.45) is 0. The van der Waals surface area contributed by atoms with Crippen molar-refractivity contribution in [3.8, 4) is 5.75 Å².